The molecule has 0 saturated carbocycles. The SMILES string of the molecule is Cc1ccc(CNC(=O)Cn2c(=O)c3sccc3n(Cc3cc(=O)n4ccccc4n3)c2=O)cc1. The fourth-order valence-electron chi connectivity index (χ4n) is 3.88. The van der Waals surface area contributed by atoms with Gasteiger partial charge in [0.15, 0.2) is 0 Å². The van der Waals surface area contributed by atoms with E-state index >= 15 is 0 Å². The zero-order valence-electron chi connectivity index (χ0n) is 18.8. The first kappa shape index (κ1) is 22.5. The van der Waals surface area contributed by atoms with E-state index in [4.69, 9.17) is 0 Å². The normalized spacial score (nSPS) is 11.2. The van der Waals surface area contributed by atoms with E-state index in [1.807, 2.05) is 31.2 Å². The Balaban J connectivity index is 1.48. The van der Waals surface area contributed by atoms with Crippen molar-refractivity contribution in [3.8, 4) is 0 Å². The van der Waals surface area contributed by atoms with Crippen LogP contribution in [-0.2, 0) is 24.4 Å². The quantitative estimate of drug-likeness (QED) is 0.394. The van der Waals surface area contributed by atoms with Crippen molar-refractivity contribution in [2.75, 3.05) is 0 Å². The number of nitrogens with zero attached hydrogens (tertiary/aromatic N) is 4. The average molecular weight is 488 g/mol. The topological polar surface area (TPSA) is 107 Å². The number of aromatic nitrogens is 4. The van der Waals surface area contributed by atoms with Crippen LogP contribution in [0.1, 0.15) is 16.8 Å². The number of thiophene rings is 1. The highest BCUT2D eigenvalue weighted by atomic mass is 32.1. The molecule has 0 fully saturated rings. The molecule has 0 aliphatic rings. The van der Waals surface area contributed by atoms with Crippen LogP contribution in [0.2, 0.25) is 0 Å². The molecule has 176 valence electrons. The van der Waals surface area contributed by atoms with Crippen LogP contribution in [0.3, 0.4) is 0 Å². The molecule has 0 unspecified atom stereocenters. The Morgan fingerprint density at radius 2 is 1.83 bits per heavy atom. The summed E-state index contributed by atoms with van der Waals surface area (Å²) in [5, 5.41) is 4.47. The minimum atomic E-state index is -0.638. The van der Waals surface area contributed by atoms with Crippen molar-refractivity contribution >= 4 is 33.1 Å². The summed E-state index contributed by atoms with van der Waals surface area (Å²) in [7, 11) is 0. The summed E-state index contributed by atoms with van der Waals surface area (Å²) in [6.45, 7) is 1.84. The maximum Gasteiger partial charge on any atom is 0.332 e. The van der Waals surface area contributed by atoms with Crippen LogP contribution in [0.25, 0.3) is 15.9 Å². The van der Waals surface area contributed by atoms with Gasteiger partial charge in [-0.3, -0.25) is 23.4 Å². The molecule has 0 aliphatic carbocycles. The monoisotopic (exact) mass is 487 g/mol. The number of carbonyl (C=O) groups excluding carboxylic acids is 1. The third-order valence-corrected chi connectivity index (χ3v) is 6.58. The summed E-state index contributed by atoms with van der Waals surface area (Å²) in [4.78, 5) is 55.9. The predicted molar refractivity (Wildman–Crippen MR) is 134 cm³/mol. The first-order chi connectivity index (χ1) is 16.9. The van der Waals surface area contributed by atoms with Crippen LogP contribution in [0, 0.1) is 6.92 Å². The minimum Gasteiger partial charge on any atom is -0.350 e. The Morgan fingerprint density at radius 1 is 1.03 bits per heavy atom. The summed E-state index contributed by atoms with van der Waals surface area (Å²) in [5.41, 5.74) is 1.87. The molecule has 35 heavy (non-hydrogen) atoms. The van der Waals surface area contributed by atoms with Gasteiger partial charge in [-0.1, -0.05) is 35.9 Å². The molecule has 1 amide bonds. The van der Waals surface area contributed by atoms with Gasteiger partial charge in [0.2, 0.25) is 5.91 Å². The van der Waals surface area contributed by atoms with Gasteiger partial charge in [0, 0.05) is 18.8 Å². The van der Waals surface area contributed by atoms with Crippen LogP contribution in [-0.4, -0.2) is 24.4 Å². The standard InChI is InChI=1S/C25H21N5O4S/c1-16-5-7-17(8-6-16)13-26-21(31)15-30-24(33)23-19(9-11-35-23)29(25(30)34)14-18-12-22(32)28-10-3-2-4-20(28)27-18/h2-12H,13-15H2,1H3,(H,26,31). The lowest BCUT2D eigenvalue weighted by molar-refractivity contribution is -0.121. The zero-order valence-corrected chi connectivity index (χ0v) is 19.6. The molecule has 0 bridgehead atoms. The van der Waals surface area contributed by atoms with Gasteiger partial charge in [-0.2, -0.15) is 0 Å². The van der Waals surface area contributed by atoms with Gasteiger partial charge in [0.25, 0.3) is 11.1 Å². The molecule has 0 aliphatic heterocycles. The van der Waals surface area contributed by atoms with Crippen LogP contribution < -0.4 is 22.1 Å². The predicted octanol–water partition coefficient (Wildman–Crippen LogP) is 1.91. The molecule has 10 heteroatoms. The Labute approximate surface area is 202 Å². The second-order valence-corrected chi connectivity index (χ2v) is 9.09. The molecule has 4 heterocycles. The van der Waals surface area contributed by atoms with E-state index in [1.54, 1.807) is 35.8 Å². The van der Waals surface area contributed by atoms with Crippen LogP contribution in [0.4, 0.5) is 0 Å². The molecule has 4 aromatic heterocycles. The molecule has 1 N–H and O–H groups in total. The Bertz CT molecular complexity index is 1740. The lowest BCUT2D eigenvalue weighted by atomic mass is 10.1. The highest BCUT2D eigenvalue weighted by molar-refractivity contribution is 7.17. The molecular formula is C25H21N5O4S. The largest absolute Gasteiger partial charge is 0.350 e. The van der Waals surface area contributed by atoms with E-state index in [-0.39, 0.29) is 18.6 Å². The molecule has 0 spiro atoms. The van der Waals surface area contributed by atoms with E-state index in [0.717, 1.165) is 15.7 Å². The highest BCUT2D eigenvalue weighted by Gasteiger charge is 2.17. The molecule has 0 saturated heterocycles. The number of hydrogen-bond donors (Lipinski definition) is 1. The average Bonchev–Trinajstić information content (AvgIpc) is 3.34. The molecule has 9 nitrogen and oxygen atoms in total. The number of pyridine rings is 1. The second kappa shape index (κ2) is 9.15. The van der Waals surface area contributed by atoms with Crippen LogP contribution in [0.5, 0.6) is 0 Å². The van der Waals surface area contributed by atoms with Crippen LogP contribution in [0.15, 0.2) is 80.6 Å². The summed E-state index contributed by atoms with van der Waals surface area (Å²) in [6, 6.07) is 16.0. The van der Waals surface area contributed by atoms with Crippen molar-refractivity contribution in [3.63, 3.8) is 0 Å². The van der Waals surface area contributed by atoms with Crippen molar-refractivity contribution in [3.05, 3.63) is 114 Å². The molecule has 5 aromatic rings. The van der Waals surface area contributed by atoms with E-state index < -0.39 is 23.7 Å². The minimum absolute atomic E-state index is 0.0159. The van der Waals surface area contributed by atoms with Gasteiger partial charge in [-0.15, -0.1) is 11.3 Å². The molecule has 0 radical (unpaired) electrons. The van der Waals surface area contributed by atoms with Crippen LogP contribution >= 0.6 is 11.3 Å². The van der Waals surface area contributed by atoms with E-state index in [0.29, 0.717) is 21.6 Å². The lowest BCUT2D eigenvalue weighted by Crippen LogP contribution is -2.43. The summed E-state index contributed by atoms with van der Waals surface area (Å²) in [6.07, 6.45) is 1.62. The third-order valence-electron chi connectivity index (χ3n) is 5.69. The smallest absolute Gasteiger partial charge is 0.332 e. The summed E-state index contributed by atoms with van der Waals surface area (Å²) >= 11 is 1.19. The number of carbonyl (C=O) groups is 1. The summed E-state index contributed by atoms with van der Waals surface area (Å²) in [5.74, 6) is -0.450. The molecule has 5 rings (SSSR count). The lowest BCUT2D eigenvalue weighted by Gasteiger charge is -2.12. The van der Waals surface area contributed by atoms with E-state index in [1.165, 1.54) is 26.4 Å². The van der Waals surface area contributed by atoms with Gasteiger partial charge < -0.3 is 5.32 Å². The Morgan fingerprint density at radius 3 is 2.63 bits per heavy atom. The number of fused-ring (bicyclic) bond motifs is 2. The first-order valence-corrected chi connectivity index (χ1v) is 11.8. The zero-order chi connectivity index (χ0) is 24.5. The van der Waals surface area contributed by atoms with Crippen molar-refractivity contribution in [1.82, 2.24) is 23.8 Å². The van der Waals surface area contributed by atoms with Crippen molar-refractivity contribution in [2.24, 2.45) is 0 Å². The van der Waals surface area contributed by atoms with Crippen molar-refractivity contribution in [2.45, 2.75) is 26.6 Å². The maximum absolute atomic E-state index is 13.3. The number of nitrogens with one attached hydrogen (secondary N) is 1. The van der Waals surface area contributed by atoms with E-state index in [9.17, 15) is 19.2 Å². The fourth-order valence-corrected chi connectivity index (χ4v) is 4.72. The number of amides is 1. The van der Waals surface area contributed by atoms with Crippen molar-refractivity contribution in [1.29, 1.82) is 0 Å². The highest BCUT2D eigenvalue weighted by Crippen LogP contribution is 2.16. The molecule has 0 atom stereocenters. The third kappa shape index (κ3) is 4.43. The van der Waals surface area contributed by atoms with Gasteiger partial charge in [0.1, 0.15) is 16.9 Å². The fraction of sp³-hybridized carbons (Fsp3) is 0.160. The Hall–Kier alpha value is -4.31. The maximum atomic E-state index is 13.3. The number of rotatable bonds is 6. The van der Waals surface area contributed by atoms with Gasteiger partial charge in [0.05, 0.1) is 17.8 Å². The molecule has 1 aromatic carbocycles. The number of hydrogen-bond acceptors (Lipinski definition) is 6. The van der Waals surface area contributed by atoms with Gasteiger partial charge >= 0.3 is 5.69 Å². The summed E-state index contributed by atoms with van der Waals surface area (Å²) < 4.78 is 4.07. The first-order valence-electron chi connectivity index (χ1n) is 10.9. The second-order valence-electron chi connectivity index (χ2n) is 8.17. The number of benzene rings is 1. The van der Waals surface area contributed by atoms with Gasteiger partial charge in [-0.25, -0.2) is 14.3 Å². The number of aryl methyl sites for hydroxylation is 1. The van der Waals surface area contributed by atoms with E-state index in [2.05, 4.69) is 10.3 Å². The Kier molecular flexibility index (Phi) is 5.87. The van der Waals surface area contributed by atoms with Gasteiger partial charge in [-0.05, 0) is 36.1 Å². The van der Waals surface area contributed by atoms with Crippen molar-refractivity contribution < 1.29 is 4.79 Å². The molecular weight excluding hydrogens is 466 g/mol.